The Labute approximate surface area is 181 Å². The van der Waals surface area contributed by atoms with Crippen molar-refractivity contribution in [1.29, 1.82) is 5.26 Å². The standard InChI is InChI=1S/C25H25N3OS/c1-17-12-13-20-21(15-26)25(30-22(20)14-17)28-23(29)16-27-24(18-8-4-2-5-9-18)19-10-6-3-7-11-19/h2-11,17,24,27H,12-14,16H2,1H3,(H,28,29)/p+1/t17-/m1/s1. The lowest BCUT2D eigenvalue weighted by molar-refractivity contribution is -0.676. The van der Waals surface area contributed by atoms with E-state index in [4.69, 9.17) is 0 Å². The van der Waals surface area contributed by atoms with Gasteiger partial charge in [-0.2, -0.15) is 5.26 Å². The second-order valence-corrected chi connectivity index (χ2v) is 9.06. The van der Waals surface area contributed by atoms with Gasteiger partial charge >= 0.3 is 0 Å². The first-order chi connectivity index (χ1) is 14.7. The molecular formula is C25H26N3OS+. The Morgan fingerprint density at radius 2 is 1.80 bits per heavy atom. The van der Waals surface area contributed by atoms with Crippen molar-refractivity contribution < 1.29 is 10.1 Å². The molecule has 0 bridgehead atoms. The first kappa shape index (κ1) is 20.3. The monoisotopic (exact) mass is 416 g/mol. The molecule has 4 rings (SSSR count). The maximum absolute atomic E-state index is 12.8. The van der Waals surface area contributed by atoms with Gasteiger partial charge in [-0.25, -0.2) is 0 Å². The number of nitriles is 1. The molecule has 3 aromatic rings. The molecule has 5 heteroatoms. The number of amides is 1. The fraction of sp³-hybridized carbons (Fsp3) is 0.280. The van der Waals surface area contributed by atoms with Crippen LogP contribution >= 0.6 is 11.3 Å². The quantitative estimate of drug-likeness (QED) is 0.637. The molecule has 4 nitrogen and oxygen atoms in total. The molecule has 30 heavy (non-hydrogen) atoms. The van der Waals surface area contributed by atoms with Gasteiger partial charge in [0.05, 0.1) is 5.56 Å². The zero-order valence-corrected chi connectivity index (χ0v) is 17.9. The number of benzene rings is 2. The molecule has 0 radical (unpaired) electrons. The number of hydrogen-bond donors (Lipinski definition) is 2. The molecule has 0 saturated heterocycles. The Morgan fingerprint density at radius 1 is 1.17 bits per heavy atom. The molecule has 1 heterocycles. The van der Waals surface area contributed by atoms with Crippen molar-refractivity contribution in [2.75, 3.05) is 11.9 Å². The Hall–Kier alpha value is -2.94. The topological polar surface area (TPSA) is 69.5 Å². The lowest BCUT2D eigenvalue weighted by Crippen LogP contribution is -2.87. The van der Waals surface area contributed by atoms with Crippen LogP contribution in [0.15, 0.2) is 60.7 Å². The predicted octanol–water partition coefficient (Wildman–Crippen LogP) is 4.04. The van der Waals surface area contributed by atoms with Gasteiger partial charge in [0.1, 0.15) is 17.1 Å². The molecule has 0 unspecified atom stereocenters. The molecule has 1 aromatic heterocycles. The zero-order chi connectivity index (χ0) is 20.9. The number of nitrogens with two attached hydrogens (primary N) is 1. The number of carbonyl (C=O) groups excluding carboxylic acids is 1. The Kier molecular flexibility index (Phi) is 6.27. The van der Waals surface area contributed by atoms with Crippen molar-refractivity contribution >= 4 is 22.2 Å². The Balaban J connectivity index is 1.48. The number of fused-ring (bicyclic) bond motifs is 1. The highest BCUT2D eigenvalue weighted by Crippen LogP contribution is 2.39. The zero-order valence-electron chi connectivity index (χ0n) is 17.1. The summed E-state index contributed by atoms with van der Waals surface area (Å²) in [5, 5.41) is 15.4. The Morgan fingerprint density at radius 3 is 2.40 bits per heavy atom. The third-order valence-electron chi connectivity index (χ3n) is 5.73. The SMILES string of the molecule is C[C@@H]1CCc2c(sc(NC(=O)C[NH2+]C(c3ccccc3)c3ccccc3)c2C#N)C1. The number of hydrogen-bond acceptors (Lipinski definition) is 3. The molecule has 0 fully saturated rings. The number of nitrogens with one attached hydrogen (secondary N) is 1. The summed E-state index contributed by atoms with van der Waals surface area (Å²) in [6.07, 6.45) is 3.04. The number of nitrogens with zero attached hydrogens (tertiary/aromatic N) is 1. The van der Waals surface area contributed by atoms with Gasteiger partial charge in [-0.1, -0.05) is 67.6 Å². The minimum Gasteiger partial charge on any atom is -0.328 e. The van der Waals surface area contributed by atoms with E-state index < -0.39 is 0 Å². The second kappa shape index (κ2) is 9.25. The van der Waals surface area contributed by atoms with E-state index in [0.29, 0.717) is 16.5 Å². The van der Waals surface area contributed by atoms with Crippen molar-refractivity contribution in [1.82, 2.24) is 0 Å². The maximum Gasteiger partial charge on any atom is 0.280 e. The molecule has 1 aliphatic rings. The molecule has 1 amide bonds. The number of quaternary nitrogens is 1. The van der Waals surface area contributed by atoms with Gasteiger partial charge in [-0.05, 0) is 30.7 Å². The highest BCUT2D eigenvalue weighted by Gasteiger charge is 2.25. The number of anilines is 1. The molecule has 1 aliphatic carbocycles. The van der Waals surface area contributed by atoms with Crippen LogP contribution < -0.4 is 10.6 Å². The first-order valence-electron chi connectivity index (χ1n) is 10.4. The smallest absolute Gasteiger partial charge is 0.280 e. The van der Waals surface area contributed by atoms with Gasteiger partial charge in [-0.3, -0.25) is 4.79 Å². The van der Waals surface area contributed by atoms with E-state index >= 15 is 0 Å². The van der Waals surface area contributed by atoms with Crippen LogP contribution in [-0.2, 0) is 17.6 Å². The molecule has 0 aliphatic heterocycles. The third kappa shape index (κ3) is 4.46. The van der Waals surface area contributed by atoms with Crippen LogP contribution in [0.1, 0.15) is 46.5 Å². The average Bonchev–Trinajstić information content (AvgIpc) is 3.11. The van der Waals surface area contributed by atoms with Gasteiger partial charge in [-0.15, -0.1) is 11.3 Å². The van der Waals surface area contributed by atoms with Crippen molar-refractivity contribution in [3.63, 3.8) is 0 Å². The van der Waals surface area contributed by atoms with Crippen LogP contribution in [0, 0.1) is 17.2 Å². The second-order valence-electron chi connectivity index (χ2n) is 7.95. The molecular weight excluding hydrogens is 390 g/mol. The lowest BCUT2D eigenvalue weighted by atomic mass is 9.89. The summed E-state index contributed by atoms with van der Waals surface area (Å²) in [5.74, 6) is 0.562. The van der Waals surface area contributed by atoms with Gasteiger partial charge in [0.25, 0.3) is 5.91 Å². The average molecular weight is 417 g/mol. The van der Waals surface area contributed by atoms with E-state index in [2.05, 4.69) is 47.9 Å². The van der Waals surface area contributed by atoms with E-state index in [1.165, 1.54) is 4.88 Å². The van der Waals surface area contributed by atoms with Crippen molar-refractivity contribution in [3.05, 3.63) is 87.8 Å². The summed E-state index contributed by atoms with van der Waals surface area (Å²) in [7, 11) is 0. The Bertz CT molecular complexity index is 1010. The lowest BCUT2D eigenvalue weighted by Gasteiger charge is -2.17. The summed E-state index contributed by atoms with van der Waals surface area (Å²) in [6.45, 7) is 2.54. The van der Waals surface area contributed by atoms with Crippen molar-refractivity contribution in [3.8, 4) is 6.07 Å². The van der Waals surface area contributed by atoms with E-state index in [1.54, 1.807) is 11.3 Å². The third-order valence-corrected chi connectivity index (χ3v) is 6.90. The summed E-state index contributed by atoms with van der Waals surface area (Å²) in [4.78, 5) is 14.0. The van der Waals surface area contributed by atoms with Crippen molar-refractivity contribution in [2.45, 2.75) is 32.2 Å². The van der Waals surface area contributed by atoms with E-state index in [0.717, 1.165) is 36.0 Å². The largest absolute Gasteiger partial charge is 0.328 e. The maximum atomic E-state index is 12.8. The normalized spacial score (nSPS) is 15.4. The summed E-state index contributed by atoms with van der Waals surface area (Å²) < 4.78 is 0. The van der Waals surface area contributed by atoms with E-state index in [9.17, 15) is 10.1 Å². The van der Waals surface area contributed by atoms with Crippen LogP contribution in [0.2, 0.25) is 0 Å². The number of rotatable bonds is 6. The summed E-state index contributed by atoms with van der Waals surface area (Å²) in [5.41, 5.74) is 4.13. The van der Waals surface area contributed by atoms with Gasteiger partial charge < -0.3 is 10.6 Å². The summed E-state index contributed by atoms with van der Waals surface area (Å²) >= 11 is 1.58. The van der Waals surface area contributed by atoms with Gasteiger partial charge in [0.15, 0.2) is 6.54 Å². The molecule has 0 saturated carbocycles. The van der Waals surface area contributed by atoms with Crippen LogP contribution in [0.4, 0.5) is 5.00 Å². The number of carbonyl (C=O) groups is 1. The van der Waals surface area contributed by atoms with Crippen molar-refractivity contribution in [2.24, 2.45) is 5.92 Å². The summed E-state index contributed by atoms with van der Waals surface area (Å²) in [6, 6.07) is 22.8. The van der Waals surface area contributed by atoms with Gasteiger partial charge in [0, 0.05) is 16.0 Å². The fourth-order valence-electron chi connectivity index (χ4n) is 4.15. The van der Waals surface area contributed by atoms with Crippen LogP contribution in [0.3, 0.4) is 0 Å². The first-order valence-corrected chi connectivity index (χ1v) is 11.2. The predicted molar refractivity (Wildman–Crippen MR) is 120 cm³/mol. The van der Waals surface area contributed by atoms with Gasteiger partial charge in [0.2, 0.25) is 0 Å². The van der Waals surface area contributed by atoms with E-state index in [1.807, 2.05) is 36.4 Å². The molecule has 152 valence electrons. The van der Waals surface area contributed by atoms with E-state index in [-0.39, 0.29) is 18.5 Å². The minimum atomic E-state index is -0.0741. The highest BCUT2D eigenvalue weighted by molar-refractivity contribution is 7.16. The van der Waals surface area contributed by atoms with Crippen LogP contribution in [0.5, 0.6) is 0 Å². The molecule has 0 spiro atoms. The van der Waals surface area contributed by atoms with Crippen LogP contribution in [0.25, 0.3) is 0 Å². The van der Waals surface area contributed by atoms with Crippen LogP contribution in [-0.4, -0.2) is 12.5 Å². The number of thiophene rings is 1. The minimum absolute atomic E-state index is 0.0472. The molecule has 2 aromatic carbocycles. The molecule has 3 N–H and O–H groups in total. The highest BCUT2D eigenvalue weighted by atomic mass is 32.1. The fourth-order valence-corrected chi connectivity index (χ4v) is 5.52. The molecule has 1 atom stereocenters.